The number of nitrogens with zero attached hydrogens (tertiary/aromatic N) is 1. The largest absolute Gasteiger partial charge is 0.387 e. The molecule has 2 N–H and O–H groups in total. The molecule has 0 unspecified atom stereocenters. The SMILES string of the molecule is O=C(NCC1(O)C2CC3CC(C2)CC1C3)c1ccc(CN2CCCCC2)cc1. The summed E-state index contributed by atoms with van der Waals surface area (Å²) in [6, 6.07) is 8.05. The van der Waals surface area contributed by atoms with Crippen LogP contribution in [0.25, 0.3) is 0 Å². The fraction of sp³-hybridized carbons (Fsp3) is 0.708. The third kappa shape index (κ3) is 3.50. The lowest BCUT2D eigenvalue weighted by Crippen LogP contribution is -2.62. The molecule has 0 spiro atoms. The Labute approximate surface area is 168 Å². The van der Waals surface area contributed by atoms with Gasteiger partial charge in [0.2, 0.25) is 0 Å². The van der Waals surface area contributed by atoms with Crippen LogP contribution >= 0.6 is 0 Å². The number of carbonyl (C=O) groups excluding carboxylic acids is 1. The Bertz CT molecular complexity index is 680. The number of benzene rings is 1. The van der Waals surface area contributed by atoms with Gasteiger partial charge in [0.05, 0.1) is 5.60 Å². The molecule has 4 heteroatoms. The van der Waals surface area contributed by atoms with Crippen LogP contribution < -0.4 is 5.32 Å². The minimum atomic E-state index is -0.683. The van der Waals surface area contributed by atoms with Crippen LogP contribution in [0.4, 0.5) is 0 Å². The van der Waals surface area contributed by atoms with Gasteiger partial charge in [-0.05, 0) is 99.4 Å². The highest BCUT2D eigenvalue weighted by atomic mass is 16.3. The van der Waals surface area contributed by atoms with E-state index in [1.165, 1.54) is 44.3 Å². The molecule has 1 saturated heterocycles. The maximum absolute atomic E-state index is 12.7. The van der Waals surface area contributed by atoms with Crippen molar-refractivity contribution in [1.82, 2.24) is 10.2 Å². The summed E-state index contributed by atoms with van der Waals surface area (Å²) in [7, 11) is 0. The van der Waals surface area contributed by atoms with Crippen LogP contribution in [0.2, 0.25) is 0 Å². The van der Waals surface area contributed by atoms with E-state index >= 15 is 0 Å². The summed E-state index contributed by atoms with van der Waals surface area (Å²) in [5, 5.41) is 14.5. The molecule has 1 aliphatic heterocycles. The van der Waals surface area contributed by atoms with E-state index in [2.05, 4.69) is 22.3 Å². The summed E-state index contributed by atoms with van der Waals surface area (Å²) in [6.45, 7) is 3.76. The molecule has 1 aromatic rings. The molecule has 28 heavy (non-hydrogen) atoms. The van der Waals surface area contributed by atoms with Crippen molar-refractivity contribution in [2.45, 2.75) is 63.5 Å². The Morgan fingerprint density at radius 1 is 0.964 bits per heavy atom. The molecule has 0 atom stereocenters. The smallest absolute Gasteiger partial charge is 0.251 e. The summed E-state index contributed by atoms with van der Waals surface area (Å²) in [4.78, 5) is 15.2. The van der Waals surface area contributed by atoms with Crippen LogP contribution in [0.5, 0.6) is 0 Å². The zero-order valence-corrected chi connectivity index (χ0v) is 16.9. The Kier molecular flexibility index (Phi) is 4.96. The maximum Gasteiger partial charge on any atom is 0.251 e. The average Bonchev–Trinajstić information content (AvgIpc) is 2.71. The van der Waals surface area contributed by atoms with Crippen LogP contribution in [0.3, 0.4) is 0 Å². The third-order valence-corrected chi connectivity index (χ3v) is 8.16. The molecule has 4 nitrogen and oxygen atoms in total. The number of amides is 1. The topological polar surface area (TPSA) is 52.6 Å². The fourth-order valence-electron chi connectivity index (χ4n) is 6.75. The minimum absolute atomic E-state index is 0.0493. The first-order chi connectivity index (χ1) is 13.6. The van der Waals surface area contributed by atoms with Gasteiger partial charge < -0.3 is 10.4 Å². The highest BCUT2D eigenvalue weighted by molar-refractivity contribution is 5.94. The first-order valence-electron chi connectivity index (χ1n) is 11.4. The van der Waals surface area contributed by atoms with Crippen LogP contribution in [-0.2, 0) is 6.54 Å². The molecule has 1 heterocycles. The molecular formula is C24H34N2O2. The molecule has 4 saturated carbocycles. The van der Waals surface area contributed by atoms with Crippen LogP contribution in [0.1, 0.15) is 67.3 Å². The number of hydrogen-bond acceptors (Lipinski definition) is 3. The Morgan fingerprint density at radius 3 is 2.18 bits per heavy atom. The lowest BCUT2D eigenvalue weighted by Gasteiger charge is -2.58. The lowest BCUT2D eigenvalue weighted by atomic mass is 9.50. The second kappa shape index (κ2) is 7.46. The number of carbonyl (C=O) groups is 1. The van der Waals surface area contributed by atoms with E-state index in [9.17, 15) is 9.90 Å². The second-order valence-electron chi connectivity index (χ2n) is 10.0. The quantitative estimate of drug-likeness (QED) is 0.818. The zero-order valence-electron chi connectivity index (χ0n) is 16.9. The molecule has 1 aromatic carbocycles. The average molecular weight is 383 g/mol. The van der Waals surface area contributed by atoms with Gasteiger partial charge >= 0.3 is 0 Å². The van der Waals surface area contributed by atoms with E-state index in [1.807, 2.05) is 12.1 Å². The van der Waals surface area contributed by atoms with Gasteiger partial charge in [0.15, 0.2) is 0 Å². The number of nitrogens with one attached hydrogen (secondary N) is 1. The van der Waals surface area contributed by atoms with Crippen molar-refractivity contribution in [1.29, 1.82) is 0 Å². The summed E-state index contributed by atoms with van der Waals surface area (Å²) in [5.74, 6) is 2.37. The fourth-order valence-corrected chi connectivity index (χ4v) is 6.75. The van der Waals surface area contributed by atoms with Crippen molar-refractivity contribution >= 4 is 5.91 Å². The maximum atomic E-state index is 12.7. The van der Waals surface area contributed by atoms with Gasteiger partial charge in [-0.2, -0.15) is 0 Å². The summed E-state index contributed by atoms with van der Waals surface area (Å²) in [6.07, 6.45) is 9.95. The number of rotatable bonds is 5. The van der Waals surface area contributed by atoms with E-state index in [0.29, 0.717) is 23.9 Å². The first-order valence-corrected chi connectivity index (χ1v) is 11.4. The van der Waals surface area contributed by atoms with Crippen molar-refractivity contribution < 1.29 is 9.90 Å². The molecule has 4 bridgehead atoms. The van der Waals surface area contributed by atoms with E-state index < -0.39 is 5.60 Å². The van der Waals surface area contributed by atoms with Crippen molar-refractivity contribution in [3.05, 3.63) is 35.4 Å². The molecule has 5 fully saturated rings. The summed E-state index contributed by atoms with van der Waals surface area (Å²) in [5.41, 5.74) is 1.30. The summed E-state index contributed by atoms with van der Waals surface area (Å²) >= 11 is 0. The summed E-state index contributed by atoms with van der Waals surface area (Å²) < 4.78 is 0. The van der Waals surface area contributed by atoms with Gasteiger partial charge in [-0.25, -0.2) is 0 Å². The van der Waals surface area contributed by atoms with Gasteiger partial charge in [0, 0.05) is 18.7 Å². The number of aliphatic hydroxyl groups is 1. The lowest BCUT2D eigenvalue weighted by molar-refractivity contribution is -0.168. The Morgan fingerprint density at radius 2 is 1.57 bits per heavy atom. The number of hydrogen-bond donors (Lipinski definition) is 2. The molecule has 6 rings (SSSR count). The molecule has 5 aliphatic rings. The molecule has 0 aromatic heterocycles. The van der Waals surface area contributed by atoms with Crippen molar-refractivity contribution in [2.24, 2.45) is 23.7 Å². The van der Waals surface area contributed by atoms with Gasteiger partial charge in [-0.1, -0.05) is 18.6 Å². The molecule has 0 radical (unpaired) electrons. The van der Waals surface area contributed by atoms with E-state index in [1.54, 1.807) is 0 Å². The number of piperidine rings is 1. The van der Waals surface area contributed by atoms with E-state index in [0.717, 1.165) is 44.1 Å². The van der Waals surface area contributed by atoms with Gasteiger partial charge in [-0.3, -0.25) is 9.69 Å². The Hall–Kier alpha value is -1.39. The molecule has 1 amide bonds. The van der Waals surface area contributed by atoms with Gasteiger partial charge in [0.1, 0.15) is 0 Å². The van der Waals surface area contributed by atoms with Crippen LogP contribution in [0, 0.1) is 23.7 Å². The minimum Gasteiger partial charge on any atom is -0.387 e. The first kappa shape index (κ1) is 18.6. The third-order valence-electron chi connectivity index (χ3n) is 8.16. The number of likely N-dealkylation sites (tertiary alicyclic amines) is 1. The van der Waals surface area contributed by atoms with E-state index in [4.69, 9.17) is 0 Å². The van der Waals surface area contributed by atoms with Gasteiger partial charge in [0.25, 0.3) is 5.91 Å². The predicted octanol–water partition coefficient (Wildman–Crippen LogP) is 3.59. The normalized spacial score (nSPS) is 37.2. The highest BCUT2D eigenvalue weighted by Gasteiger charge is 2.56. The predicted molar refractivity (Wildman–Crippen MR) is 110 cm³/mol. The van der Waals surface area contributed by atoms with Crippen molar-refractivity contribution in [2.75, 3.05) is 19.6 Å². The van der Waals surface area contributed by atoms with E-state index in [-0.39, 0.29) is 5.91 Å². The standard InChI is InChI=1S/C24H34N2O2/c27-23(20-6-4-17(5-7-20)15-26-8-2-1-3-9-26)25-16-24(28)21-11-18-10-19(13-21)14-22(24)12-18/h4-7,18-19,21-22,28H,1-3,8-16H2,(H,25,27). The van der Waals surface area contributed by atoms with Crippen LogP contribution in [-0.4, -0.2) is 41.1 Å². The monoisotopic (exact) mass is 382 g/mol. The van der Waals surface area contributed by atoms with Crippen molar-refractivity contribution in [3.8, 4) is 0 Å². The second-order valence-corrected chi connectivity index (χ2v) is 10.0. The molecule has 152 valence electrons. The zero-order chi connectivity index (χ0) is 19.1. The van der Waals surface area contributed by atoms with Crippen molar-refractivity contribution in [3.63, 3.8) is 0 Å². The van der Waals surface area contributed by atoms with Gasteiger partial charge in [-0.15, -0.1) is 0 Å². The molecular weight excluding hydrogens is 348 g/mol. The molecule has 4 aliphatic carbocycles. The van der Waals surface area contributed by atoms with Crippen LogP contribution in [0.15, 0.2) is 24.3 Å². The Balaban J connectivity index is 1.18. The highest BCUT2D eigenvalue weighted by Crippen LogP contribution is 2.58.